The molecule has 5 nitrogen and oxygen atoms in total. The van der Waals surface area contributed by atoms with E-state index in [1.54, 1.807) is 19.9 Å². The number of nitrogens with one attached hydrogen (secondary N) is 1. The molecule has 1 aliphatic heterocycles. The number of hydrogen-bond donors (Lipinski definition) is 1. The van der Waals surface area contributed by atoms with Gasteiger partial charge in [0.1, 0.15) is 0 Å². The fourth-order valence-electron chi connectivity index (χ4n) is 2.54. The predicted molar refractivity (Wildman–Crippen MR) is 94.2 cm³/mol. The molecule has 0 saturated carbocycles. The van der Waals surface area contributed by atoms with Crippen LogP contribution in [0.25, 0.3) is 0 Å². The van der Waals surface area contributed by atoms with Gasteiger partial charge in [-0.1, -0.05) is 13.8 Å². The first-order valence-corrected chi connectivity index (χ1v) is 9.70. The molecule has 0 radical (unpaired) electrons. The van der Waals surface area contributed by atoms with Gasteiger partial charge in [-0.15, -0.1) is 0 Å². The number of aryl methyl sites for hydroxylation is 1. The quantitative estimate of drug-likeness (QED) is 0.866. The van der Waals surface area contributed by atoms with Gasteiger partial charge in [-0.2, -0.15) is 0 Å². The summed E-state index contributed by atoms with van der Waals surface area (Å²) in [5, 5.41) is -0.484. The zero-order valence-corrected chi connectivity index (χ0v) is 15.1. The molecule has 0 atom stereocenters. The Bertz CT molecular complexity index is 681. The monoisotopic (exact) mass is 338 g/mol. The first-order chi connectivity index (χ1) is 10.7. The molecule has 1 N–H and O–H groups in total. The number of nitrogens with zero attached hydrogens (tertiary/aromatic N) is 1. The van der Waals surface area contributed by atoms with Gasteiger partial charge in [-0.3, -0.25) is 9.52 Å². The van der Waals surface area contributed by atoms with Gasteiger partial charge in [0.25, 0.3) is 0 Å². The average Bonchev–Trinajstić information content (AvgIpc) is 2.45. The minimum Gasteiger partial charge on any atom is -0.312 e. The second kappa shape index (κ2) is 6.91. The van der Waals surface area contributed by atoms with Crippen LogP contribution in [0.3, 0.4) is 0 Å². The molecule has 0 fully saturated rings. The Kier molecular flexibility index (Phi) is 5.34. The summed E-state index contributed by atoms with van der Waals surface area (Å²) in [6.45, 7) is 8.28. The summed E-state index contributed by atoms with van der Waals surface area (Å²) in [6, 6.07) is 5.44. The Labute approximate surface area is 139 Å². The number of carbonyl (C=O) groups is 1. The zero-order valence-electron chi connectivity index (χ0n) is 14.3. The zero-order chi connectivity index (χ0) is 17.2. The minimum atomic E-state index is -3.35. The van der Waals surface area contributed by atoms with Crippen molar-refractivity contribution in [2.75, 3.05) is 16.2 Å². The van der Waals surface area contributed by atoms with Crippen molar-refractivity contribution in [2.45, 2.75) is 52.2 Å². The molecule has 1 heterocycles. The van der Waals surface area contributed by atoms with Crippen LogP contribution in [0.5, 0.6) is 0 Å². The lowest BCUT2D eigenvalue weighted by molar-refractivity contribution is -0.118. The molecular formula is C17H26N2O3S. The lowest BCUT2D eigenvalue weighted by Crippen LogP contribution is -2.36. The van der Waals surface area contributed by atoms with Crippen LogP contribution >= 0.6 is 0 Å². The Morgan fingerprint density at radius 1 is 1.17 bits per heavy atom. The number of hydrogen-bond acceptors (Lipinski definition) is 3. The third-order valence-electron chi connectivity index (χ3n) is 4.09. The molecule has 0 bridgehead atoms. The highest BCUT2D eigenvalue weighted by Gasteiger charge is 2.25. The lowest BCUT2D eigenvalue weighted by Gasteiger charge is -2.30. The topological polar surface area (TPSA) is 66.5 Å². The molecule has 1 aromatic carbocycles. The largest absolute Gasteiger partial charge is 0.312 e. The van der Waals surface area contributed by atoms with Crippen LogP contribution < -0.4 is 9.62 Å². The molecule has 128 valence electrons. The van der Waals surface area contributed by atoms with E-state index in [9.17, 15) is 13.2 Å². The molecular weight excluding hydrogens is 312 g/mol. The first-order valence-electron chi connectivity index (χ1n) is 8.15. The van der Waals surface area contributed by atoms with E-state index in [2.05, 4.69) is 18.6 Å². The summed E-state index contributed by atoms with van der Waals surface area (Å²) in [6.07, 6.45) is 2.09. The minimum absolute atomic E-state index is 0.147. The molecule has 0 unspecified atom stereocenters. The van der Waals surface area contributed by atoms with Crippen LogP contribution in [-0.2, 0) is 21.2 Å². The summed E-state index contributed by atoms with van der Waals surface area (Å²) in [4.78, 5) is 14.0. The number of fused-ring (bicyclic) bond motifs is 1. The number of anilines is 2. The van der Waals surface area contributed by atoms with Crippen molar-refractivity contribution in [1.82, 2.24) is 0 Å². The smallest absolute Gasteiger partial charge is 0.235 e. The number of benzene rings is 1. The SMILES string of the molecule is CC(C)CCN1C(=O)CCc2cc(NS(=O)(=O)C(C)C)ccc21. The maximum atomic E-state index is 12.2. The second-order valence-corrected chi connectivity index (χ2v) is 9.00. The van der Waals surface area contributed by atoms with E-state index in [4.69, 9.17) is 0 Å². The number of carbonyl (C=O) groups excluding carboxylic acids is 1. The van der Waals surface area contributed by atoms with Gasteiger partial charge in [0.2, 0.25) is 15.9 Å². The average molecular weight is 338 g/mol. The fraction of sp³-hybridized carbons (Fsp3) is 0.588. The molecule has 1 aliphatic rings. The van der Waals surface area contributed by atoms with Gasteiger partial charge >= 0.3 is 0 Å². The lowest BCUT2D eigenvalue weighted by atomic mass is 9.99. The Morgan fingerprint density at radius 3 is 2.48 bits per heavy atom. The third kappa shape index (κ3) is 4.25. The highest BCUT2D eigenvalue weighted by molar-refractivity contribution is 7.93. The van der Waals surface area contributed by atoms with Crippen molar-refractivity contribution in [3.63, 3.8) is 0 Å². The van der Waals surface area contributed by atoms with Gasteiger partial charge in [0, 0.05) is 24.3 Å². The van der Waals surface area contributed by atoms with Gasteiger partial charge in [0.05, 0.1) is 5.25 Å². The maximum Gasteiger partial charge on any atom is 0.235 e. The number of rotatable bonds is 6. The van der Waals surface area contributed by atoms with Crippen LogP contribution in [-0.4, -0.2) is 26.1 Å². The Hall–Kier alpha value is -1.56. The van der Waals surface area contributed by atoms with E-state index < -0.39 is 15.3 Å². The summed E-state index contributed by atoms with van der Waals surface area (Å²) in [5.74, 6) is 0.680. The van der Waals surface area contributed by atoms with E-state index in [1.807, 2.05) is 17.0 Å². The van der Waals surface area contributed by atoms with Crippen LogP contribution in [0.4, 0.5) is 11.4 Å². The van der Waals surface area contributed by atoms with E-state index in [0.717, 1.165) is 17.7 Å². The van der Waals surface area contributed by atoms with Crippen molar-refractivity contribution in [2.24, 2.45) is 5.92 Å². The van der Waals surface area contributed by atoms with Crippen LogP contribution in [0.2, 0.25) is 0 Å². The summed E-state index contributed by atoms with van der Waals surface area (Å²) in [5.41, 5.74) is 2.50. The normalized spacial score (nSPS) is 15.2. The van der Waals surface area contributed by atoms with Crippen molar-refractivity contribution in [1.29, 1.82) is 0 Å². The molecule has 0 saturated heterocycles. The van der Waals surface area contributed by atoms with Crippen LogP contribution in [0.1, 0.15) is 46.1 Å². The summed E-state index contributed by atoms with van der Waals surface area (Å²) >= 11 is 0. The van der Waals surface area contributed by atoms with Gasteiger partial charge < -0.3 is 4.90 Å². The highest BCUT2D eigenvalue weighted by atomic mass is 32.2. The van der Waals surface area contributed by atoms with E-state index in [1.165, 1.54) is 0 Å². The van der Waals surface area contributed by atoms with E-state index in [0.29, 0.717) is 31.0 Å². The van der Waals surface area contributed by atoms with Crippen molar-refractivity contribution in [3.8, 4) is 0 Å². The molecule has 0 aromatic heterocycles. The number of amides is 1. The maximum absolute atomic E-state index is 12.2. The molecule has 0 aliphatic carbocycles. The third-order valence-corrected chi connectivity index (χ3v) is 5.85. The van der Waals surface area contributed by atoms with Crippen molar-refractivity contribution >= 4 is 27.3 Å². The summed E-state index contributed by atoms with van der Waals surface area (Å²) in [7, 11) is -3.35. The van der Waals surface area contributed by atoms with Gasteiger partial charge in [-0.05, 0) is 56.4 Å². The van der Waals surface area contributed by atoms with Crippen molar-refractivity contribution in [3.05, 3.63) is 23.8 Å². The van der Waals surface area contributed by atoms with Crippen LogP contribution in [0, 0.1) is 5.92 Å². The fourth-order valence-corrected chi connectivity index (χ4v) is 3.23. The van der Waals surface area contributed by atoms with Crippen molar-refractivity contribution < 1.29 is 13.2 Å². The second-order valence-electron chi connectivity index (χ2n) is 6.77. The molecule has 6 heteroatoms. The predicted octanol–water partition coefficient (Wildman–Crippen LogP) is 3.16. The molecule has 23 heavy (non-hydrogen) atoms. The van der Waals surface area contributed by atoms with E-state index >= 15 is 0 Å². The Morgan fingerprint density at radius 2 is 1.87 bits per heavy atom. The van der Waals surface area contributed by atoms with Gasteiger partial charge in [-0.25, -0.2) is 8.42 Å². The van der Waals surface area contributed by atoms with E-state index in [-0.39, 0.29) is 5.91 Å². The molecule has 0 spiro atoms. The molecule has 1 amide bonds. The highest BCUT2D eigenvalue weighted by Crippen LogP contribution is 2.31. The standard InChI is InChI=1S/C17H26N2O3S/c1-12(2)9-10-19-16-7-6-15(18-23(21,22)13(3)4)11-14(16)5-8-17(19)20/h6-7,11-13,18H,5,8-10H2,1-4H3. The molecule has 2 rings (SSSR count). The van der Waals surface area contributed by atoms with Crippen LogP contribution in [0.15, 0.2) is 18.2 Å². The first kappa shape index (κ1) is 17.8. The van der Waals surface area contributed by atoms with Gasteiger partial charge in [0.15, 0.2) is 0 Å². The number of sulfonamides is 1. The summed E-state index contributed by atoms with van der Waals surface area (Å²) < 4.78 is 26.6. The molecule has 1 aromatic rings. The Balaban J connectivity index is 2.25.